The molecule has 7 nitrogen and oxygen atoms in total. The number of carbonyl (C=O) groups excluding carboxylic acids is 2. The summed E-state index contributed by atoms with van der Waals surface area (Å²) in [6.45, 7) is 0. The smallest absolute Gasteiger partial charge is 1.00 e. The van der Waals surface area contributed by atoms with Gasteiger partial charge in [0.1, 0.15) is 0 Å². The third kappa shape index (κ3) is 18.6. The number of hydrogen-bond donors (Lipinski definition) is 3. The molecular formula is C2H4BF2NaO7. The predicted octanol–water partition coefficient (Wildman–Crippen LogP) is -5.09. The molecule has 0 heterocycles. The zero-order valence-corrected chi connectivity index (χ0v) is 8.31. The first-order chi connectivity index (χ1) is 5.45. The Morgan fingerprint density at radius 2 is 1.23 bits per heavy atom. The molecule has 0 aromatic rings. The maximum Gasteiger partial charge on any atom is 1.00 e. The van der Waals surface area contributed by atoms with E-state index in [9.17, 15) is 18.6 Å². The van der Waals surface area contributed by atoms with Gasteiger partial charge in [-0.3, -0.25) is 0 Å². The Hall–Kier alpha value is -0.255. The largest absolute Gasteiger partial charge is 1.00 e. The SMILES string of the molecule is O=C(OF)C(=O)OF.OB(O)O.[H-].[Na+]. The topological polar surface area (TPSA) is 113 Å². The number of rotatable bonds is 0. The first-order valence-corrected chi connectivity index (χ1v) is 2.15. The van der Waals surface area contributed by atoms with Gasteiger partial charge >= 0.3 is 48.8 Å². The van der Waals surface area contributed by atoms with Gasteiger partial charge in [0, 0.05) is 9.05 Å². The van der Waals surface area contributed by atoms with Crippen molar-refractivity contribution in [3.8, 4) is 0 Å². The fourth-order valence-electron chi connectivity index (χ4n) is 0.0630. The molecule has 3 N–H and O–H groups in total. The van der Waals surface area contributed by atoms with Gasteiger partial charge in [0.2, 0.25) is 0 Å². The van der Waals surface area contributed by atoms with Crippen molar-refractivity contribution in [3.05, 3.63) is 0 Å². The van der Waals surface area contributed by atoms with Gasteiger partial charge in [0.15, 0.2) is 0 Å². The van der Waals surface area contributed by atoms with Crippen molar-refractivity contribution in [2.45, 2.75) is 0 Å². The van der Waals surface area contributed by atoms with E-state index in [0.29, 0.717) is 0 Å². The molecule has 0 fully saturated rings. The fraction of sp³-hybridized carbons (Fsp3) is 0. The normalized spacial score (nSPS) is 6.85. The van der Waals surface area contributed by atoms with Crippen molar-refractivity contribution in [2.24, 2.45) is 0 Å². The first kappa shape index (κ1) is 18.5. The summed E-state index contributed by atoms with van der Waals surface area (Å²) < 4.78 is 21.0. The quantitative estimate of drug-likeness (QED) is 0.272. The summed E-state index contributed by atoms with van der Waals surface area (Å²) in [6.07, 6.45) is 0. The van der Waals surface area contributed by atoms with E-state index in [-0.39, 0.29) is 31.0 Å². The van der Waals surface area contributed by atoms with Crippen LogP contribution in [0.3, 0.4) is 0 Å². The summed E-state index contributed by atoms with van der Waals surface area (Å²) in [6, 6.07) is 0. The van der Waals surface area contributed by atoms with E-state index in [1.807, 2.05) is 0 Å². The van der Waals surface area contributed by atoms with Crippen molar-refractivity contribution in [3.63, 3.8) is 0 Å². The van der Waals surface area contributed by atoms with Crippen LogP contribution in [0.15, 0.2) is 0 Å². The van der Waals surface area contributed by atoms with Gasteiger partial charge in [0.05, 0.1) is 0 Å². The van der Waals surface area contributed by atoms with Crippen molar-refractivity contribution in [1.82, 2.24) is 0 Å². The van der Waals surface area contributed by atoms with E-state index in [1.165, 1.54) is 0 Å². The van der Waals surface area contributed by atoms with Gasteiger partial charge in [-0.15, -0.1) is 0 Å². The van der Waals surface area contributed by atoms with Gasteiger partial charge in [-0.05, 0) is 0 Å². The maximum absolute atomic E-state index is 10.5. The Morgan fingerprint density at radius 1 is 1.08 bits per heavy atom. The van der Waals surface area contributed by atoms with Crippen molar-refractivity contribution >= 4 is 19.3 Å². The second kappa shape index (κ2) is 11.7. The molecule has 0 aliphatic rings. The minimum atomic E-state index is -2.17. The Balaban J connectivity index is -0.0000000733. The van der Waals surface area contributed by atoms with Crippen LogP contribution in [0.25, 0.3) is 0 Å². The molecule has 0 saturated heterocycles. The molecule has 0 atom stereocenters. The molecule has 0 radical (unpaired) electrons. The molecule has 0 aromatic heterocycles. The molecule has 0 spiro atoms. The Morgan fingerprint density at radius 3 is 1.31 bits per heavy atom. The molecular weight excluding hydrogens is 208 g/mol. The van der Waals surface area contributed by atoms with Crippen LogP contribution >= 0.6 is 0 Å². The van der Waals surface area contributed by atoms with Crippen LogP contribution in [0.5, 0.6) is 0 Å². The van der Waals surface area contributed by atoms with Gasteiger partial charge in [-0.25, -0.2) is 19.5 Å². The molecule has 0 aliphatic heterocycles. The van der Waals surface area contributed by atoms with Crippen LogP contribution in [0.4, 0.5) is 9.05 Å². The Labute approximate surface area is 94.0 Å². The minimum Gasteiger partial charge on any atom is -1.00 e. The van der Waals surface area contributed by atoms with Gasteiger partial charge < -0.3 is 16.5 Å². The zero-order chi connectivity index (χ0) is 10.1. The van der Waals surface area contributed by atoms with E-state index in [4.69, 9.17) is 15.1 Å². The molecule has 0 rings (SSSR count). The Kier molecular flexibility index (Phi) is 16.7. The predicted molar refractivity (Wildman–Crippen MR) is 27.9 cm³/mol. The second-order valence-corrected chi connectivity index (χ2v) is 1.08. The molecule has 0 saturated carbocycles. The number of hydrogen-bond acceptors (Lipinski definition) is 7. The van der Waals surface area contributed by atoms with Crippen LogP contribution < -0.4 is 29.6 Å². The Bertz CT molecular complexity index is 142. The third-order valence-corrected chi connectivity index (χ3v) is 0.307. The van der Waals surface area contributed by atoms with E-state index < -0.39 is 19.3 Å². The van der Waals surface area contributed by atoms with Crippen LogP contribution in [-0.2, 0) is 19.5 Å². The fourth-order valence-corrected chi connectivity index (χ4v) is 0.0630. The standard InChI is InChI=1S/C2F2O4.BH3O3.Na.H/c3-7-1(5)2(6)8-4;2-1(3)4;;/h;2-4H;;/q;;+1;-1. The number of carbonyl (C=O) groups is 2. The van der Waals surface area contributed by atoms with Crippen molar-refractivity contribution < 1.29 is 74.6 Å². The second-order valence-electron chi connectivity index (χ2n) is 1.08. The number of halogens is 2. The average Bonchev–Trinajstić information content (AvgIpc) is 2.00. The molecule has 0 unspecified atom stereocenters. The summed E-state index contributed by atoms with van der Waals surface area (Å²) in [5.41, 5.74) is 0. The van der Waals surface area contributed by atoms with E-state index in [2.05, 4.69) is 9.88 Å². The molecule has 0 amide bonds. The van der Waals surface area contributed by atoms with Crippen LogP contribution in [0.2, 0.25) is 0 Å². The maximum atomic E-state index is 10.5. The van der Waals surface area contributed by atoms with Crippen LogP contribution in [0.1, 0.15) is 1.43 Å². The first-order valence-electron chi connectivity index (χ1n) is 2.15. The van der Waals surface area contributed by atoms with Gasteiger partial charge in [-0.1, -0.05) is 0 Å². The molecule has 0 aromatic carbocycles. The van der Waals surface area contributed by atoms with Crippen LogP contribution in [-0.4, -0.2) is 34.3 Å². The summed E-state index contributed by atoms with van der Waals surface area (Å²) >= 11 is 0. The molecule has 11 heteroatoms. The molecule has 72 valence electrons. The molecule has 13 heavy (non-hydrogen) atoms. The monoisotopic (exact) mass is 212 g/mol. The average molecular weight is 212 g/mol. The van der Waals surface area contributed by atoms with Crippen molar-refractivity contribution in [1.29, 1.82) is 0 Å². The van der Waals surface area contributed by atoms with E-state index in [1.54, 1.807) is 0 Å². The van der Waals surface area contributed by atoms with Crippen molar-refractivity contribution in [2.75, 3.05) is 0 Å². The third-order valence-electron chi connectivity index (χ3n) is 0.307. The minimum absolute atomic E-state index is 0. The summed E-state index contributed by atoms with van der Waals surface area (Å²) in [4.78, 5) is 23.4. The summed E-state index contributed by atoms with van der Waals surface area (Å²) in [5.74, 6) is -4.04. The molecule has 0 aliphatic carbocycles. The molecule has 0 bridgehead atoms. The van der Waals surface area contributed by atoms with Crippen LogP contribution in [0, 0.1) is 0 Å². The summed E-state index contributed by atoms with van der Waals surface area (Å²) in [7, 11) is -2.17. The van der Waals surface area contributed by atoms with Gasteiger partial charge in [-0.2, -0.15) is 0 Å². The van der Waals surface area contributed by atoms with E-state index >= 15 is 0 Å². The summed E-state index contributed by atoms with van der Waals surface area (Å²) in [5, 5.41) is 21.5. The van der Waals surface area contributed by atoms with E-state index in [0.717, 1.165) is 0 Å². The van der Waals surface area contributed by atoms with Gasteiger partial charge in [0.25, 0.3) is 0 Å². The zero-order valence-electron chi connectivity index (χ0n) is 7.31.